The summed E-state index contributed by atoms with van der Waals surface area (Å²) in [7, 11) is 0. The predicted octanol–water partition coefficient (Wildman–Crippen LogP) is 6.23. The van der Waals surface area contributed by atoms with Gasteiger partial charge in [-0.1, -0.05) is 25.6 Å². The summed E-state index contributed by atoms with van der Waals surface area (Å²) < 4.78 is 69.7. The lowest BCUT2D eigenvalue weighted by molar-refractivity contribution is -0.145. The number of anilines is 1. The predicted molar refractivity (Wildman–Crippen MR) is 113 cm³/mol. The Morgan fingerprint density at radius 1 is 1.19 bits per heavy atom. The van der Waals surface area contributed by atoms with Crippen molar-refractivity contribution in [3.8, 4) is 5.82 Å². The van der Waals surface area contributed by atoms with E-state index in [-0.39, 0.29) is 41.2 Å². The molecule has 3 rings (SSSR count). The number of aryl methyl sites for hydroxylation is 1. The lowest BCUT2D eigenvalue weighted by Crippen LogP contribution is -2.15. The maximum atomic E-state index is 14.1. The van der Waals surface area contributed by atoms with E-state index in [2.05, 4.69) is 26.8 Å². The zero-order valence-corrected chi connectivity index (χ0v) is 17.3. The molecule has 0 saturated carbocycles. The highest BCUT2D eigenvalue weighted by molar-refractivity contribution is 5.78. The largest absolute Gasteiger partial charge is 0.450 e. The van der Waals surface area contributed by atoms with Gasteiger partial charge in [0.15, 0.2) is 5.82 Å². The molecule has 0 radical (unpaired) electrons. The molecule has 32 heavy (non-hydrogen) atoms. The molecular weight excluding hydrogens is 429 g/mol. The van der Waals surface area contributed by atoms with Gasteiger partial charge in [-0.05, 0) is 37.1 Å². The van der Waals surface area contributed by atoms with Gasteiger partial charge in [0.2, 0.25) is 5.82 Å². The molecule has 0 bridgehead atoms. The minimum atomic E-state index is -4.71. The highest BCUT2D eigenvalue weighted by Gasteiger charge is 2.38. The number of alkyl halides is 3. The number of halogens is 5. The van der Waals surface area contributed by atoms with Crippen LogP contribution in [0.25, 0.3) is 16.9 Å². The molecule has 0 aliphatic rings. The Bertz CT molecular complexity index is 1190. The molecule has 3 aromatic rings. The van der Waals surface area contributed by atoms with Crippen molar-refractivity contribution in [3.05, 3.63) is 77.9 Å². The van der Waals surface area contributed by atoms with Crippen molar-refractivity contribution >= 4 is 16.9 Å². The first-order valence-electron chi connectivity index (χ1n) is 9.64. The topological polar surface area (TPSA) is 55.6 Å². The summed E-state index contributed by atoms with van der Waals surface area (Å²) in [5.41, 5.74) is 0.969. The molecule has 0 saturated heterocycles. The molecule has 10 heteroatoms. The number of nitrogens with one attached hydrogen (secondary N) is 1. The van der Waals surface area contributed by atoms with Gasteiger partial charge in [-0.3, -0.25) is 4.57 Å². The van der Waals surface area contributed by atoms with Crippen LogP contribution in [0, 0.1) is 6.92 Å². The minimum Gasteiger partial charge on any atom is -0.365 e. The molecule has 1 N–H and O–H groups in total. The summed E-state index contributed by atoms with van der Waals surface area (Å²) in [4.78, 5) is 11.8. The Hall–Kier alpha value is -3.56. The van der Waals surface area contributed by atoms with Crippen LogP contribution < -0.4 is 5.32 Å². The number of imidazole rings is 1. The minimum absolute atomic E-state index is 0.00652. The number of hydrogen-bond acceptors (Lipinski definition) is 4. The maximum absolute atomic E-state index is 14.1. The van der Waals surface area contributed by atoms with Gasteiger partial charge >= 0.3 is 6.18 Å². The third kappa shape index (κ3) is 4.84. The Balaban J connectivity index is 1.93. The van der Waals surface area contributed by atoms with Crippen LogP contribution >= 0.6 is 0 Å². The third-order valence-corrected chi connectivity index (χ3v) is 4.57. The summed E-state index contributed by atoms with van der Waals surface area (Å²) in [5.74, 6) is -2.52. The molecule has 5 nitrogen and oxygen atoms in total. The zero-order chi connectivity index (χ0) is 23.5. The molecule has 2 heterocycles. The monoisotopic (exact) mass is 449 g/mol. The first kappa shape index (κ1) is 23.1. The molecule has 0 amide bonds. The molecular formula is C22H20F5N5. The van der Waals surface area contributed by atoms with Crippen LogP contribution in [-0.2, 0) is 6.18 Å². The van der Waals surface area contributed by atoms with Crippen molar-refractivity contribution in [3.63, 3.8) is 0 Å². The summed E-state index contributed by atoms with van der Waals surface area (Å²) in [6.45, 7) is 6.44. The number of benzene rings is 1. The van der Waals surface area contributed by atoms with Crippen molar-refractivity contribution in [2.24, 2.45) is 0 Å². The Kier molecular flexibility index (Phi) is 6.71. The van der Waals surface area contributed by atoms with E-state index in [0.717, 1.165) is 22.4 Å². The van der Waals surface area contributed by atoms with Crippen LogP contribution in [0.5, 0.6) is 0 Å². The number of aromatic nitrogens is 4. The second-order valence-electron chi connectivity index (χ2n) is 6.86. The van der Waals surface area contributed by atoms with Gasteiger partial charge in [-0.15, -0.1) is 0 Å². The van der Waals surface area contributed by atoms with E-state index in [4.69, 9.17) is 0 Å². The molecule has 0 aliphatic heterocycles. The number of fused-ring (bicyclic) bond motifs is 1. The average molecular weight is 449 g/mol. The first-order valence-corrected chi connectivity index (χ1v) is 9.64. The van der Waals surface area contributed by atoms with Crippen molar-refractivity contribution in [1.29, 1.82) is 0 Å². The summed E-state index contributed by atoms with van der Waals surface area (Å²) in [6.07, 6.45) is -0.168. The van der Waals surface area contributed by atoms with Crippen LogP contribution in [0.3, 0.4) is 0 Å². The van der Waals surface area contributed by atoms with Gasteiger partial charge in [0.05, 0.1) is 23.4 Å². The van der Waals surface area contributed by atoms with Gasteiger partial charge in [0, 0.05) is 12.1 Å². The smallest absolute Gasteiger partial charge is 0.365 e. The Morgan fingerprint density at radius 2 is 1.94 bits per heavy atom. The van der Waals surface area contributed by atoms with Crippen molar-refractivity contribution in [2.45, 2.75) is 26.4 Å². The average Bonchev–Trinajstić information content (AvgIpc) is 3.13. The van der Waals surface area contributed by atoms with Gasteiger partial charge in [0.1, 0.15) is 17.5 Å². The van der Waals surface area contributed by atoms with Crippen LogP contribution in [0.15, 0.2) is 66.6 Å². The fraction of sp³-hybridized carbons (Fsp3) is 0.227. The summed E-state index contributed by atoms with van der Waals surface area (Å²) in [5, 5.41) is 2.73. The third-order valence-electron chi connectivity index (χ3n) is 4.57. The van der Waals surface area contributed by atoms with Gasteiger partial charge in [0.25, 0.3) is 0 Å². The Labute approximate surface area is 181 Å². The highest BCUT2D eigenvalue weighted by Crippen LogP contribution is 2.33. The van der Waals surface area contributed by atoms with Crippen LogP contribution in [-0.4, -0.2) is 26.1 Å². The molecule has 0 fully saturated rings. The molecule has 2 aromatic heterocycles. The van der Waals surface area contributed by atoms with Crippen molar-refractivity contribution in [1.82, 2.24) is 19.5 Å². The standard InChI is InChI=1S/C22H20F5N5/c1-4-6-16(24)14(15(23)5-2)10-28-19-11-30-20(12-29-19)32-18-8-7-13(3)9-17(18)31-21(32)22(25,26)27/h4,6-9,11-12H,1,5,10H2,2-3H3,(H,28,29)/b15-14+,16-6+. The number of hydrogen-bond donors (Lipinski definition) is 1. The van der Waals surface area contributed by atoms with Crippen molar-refractivity contribution < 1.29 is 22.0 Å². The second-order valence-corrected chi connectivity index (χ2v) is 6.86. The first-order chi connectivity index (χ1) is 15.2. The fourth-order valence-electron chi connectivity index (χ4n) is 3.05. The van der Waals surface area contributed by atoms with Gasteiger partial charge < -0.3 is 5.32 Å². The van der Waals surface area contributed by atoms with Crippen molar-refractivity contribution in [2.75, 3.05) is 11.9 Å². The molecule has 0 atom stereocenters. The summed E-state index contributed by atoms with van der Waals surface area (Å²) in [6, 6.07) is 4.75. The van der Waals surface area contributed by atoms with E-state index < -0.39 is 23.7 Å². The fourth-order valence-corrected chi connectivity index (χ4v) is 3.05. The SMILES string of the molecule is C=C/C=C(F)\C(CNc1cnc(-n2c(C(F)(F)F)nc3cc(C)ccc32)cn1)=C(\F)CC. The quantitative estimate of drug-likeness (QED) is 0.343. The zero-order valence-electron chi connectivity index (χ0n) is 17.3. The molecule has 0 unspecified atom stereocenters. The number of rotatable bonds is 7. The van der Waals surface area contributed by atoms with E-state index in [9.17, 15) is 22.0 Å². The number of allylic oxidation sites excluding steroid dienone is 3. The van der Waals surface area contributed by atoms with Gasteiger partial charge in [-0.2, -0.15) is 13.2 Å². The van der Waals surface area contributed by atoms with Crippen LogP contribution in [0.2, 0.25) is 0 Å². The van der Waals surface area contributed by atoms with E-state index in [1.54, 1.807) is 26.0 Å². The van der Waals surface area contributed by atoms with Crippen LogP contribution in [0.1, 0.15) is 24.7 Å². The second kappa shape index (κ2) is 9.29. The molecule has 1 aromatic carbocycles. The van der Waals surface area contributed by atoms with E-state index in [1.165, 1.54) is 18.3 Å². The maximum Gasteiger partial charge on any atom is 0.450 e. The lowest BCUT2D eigenvalue weighted by Gasteiger charge is -2.12. The van der Waals surface area contributed by atoms with Crippen LogP contribution in [0.4, 0.5) is 27.8 Å². The lowest BCUT2D eigenvalue weighted by atomic mass is 10.1. The molecule has 0 spiro atoms. The van der Waals surface area contributed by atoms with E-state index in [0.29, 0.717) is 0 Å². The highest BCUT2D eigenvalue weighted by atomic mass is 19.4. The summed E-state index contributed by atoms with van der Waals surface area (Å²) >= 11 is 0. The number of nitrogens with zero attached hydrogens (tertiary/aromatic N) is 4. The molecule has 0 aliphatic carbocycles. The van der Waals surface area contributed by atoms with Gasteiger partial charge in [-0.25, -0.2) is 23.7 Å². The molecule has 168 valence electrons. The van der Waals surface area contributed by atoms with E-state index >= 15 is 0 Å². The normalized spacial score (nSPS) is 13.3. The Morgan fingerprint density at radius 3 is 2.53 bits per heavy atom. The van der Waals surface area contributed by atoms with E-state index in [1.807, 2.05) is 0 Å².